The van der Waals surface area contributed by atoms with E-state index in [1.165, 1.54) is 6.07 Å². The first kappa shape index (κ1) is 19.3. The molecule has 0 radical (unpaired) electrons. The number of aromatic carboxylic acids is 1. The molecule has 0 bridgehead atoms. The van der Waals surface area contributed by atoms with E-state index in [2.05, 4.69) is 10.1 Å². The number of hydrogen-bond donors (Lipinski definition) is 2. The molecule has 0 aliphatic rings. The van der Waals surface area contributed by atoms with Gasteiger partial charge in [-0.3, -0.25) is 10.1 Å². The Morgan fingerprint density at radius 3 is 2.35 bits per heavy atom. The predicted molar refractivity (Wildman–Crippen MR) is 84.5 cm³/mol. The number of benzene rings is 2. The summed E-state index contributed by atoms with van der Waals surface area (Å²) in [5.41, 5.74) is 0.287. The summed E-state index contributed by atoms with van der Waals surface area (Å²) in [5.74, 6) is -1.32. The van der Waals surface area contributed by atoms with Crippen molar-refractivity contribution in [3.63, 3.8) is 0 Å². The fraction of sp³-hybridized carbons (Fsp3) is 0.176. The zero-order chi connectivity index (χ0) is 19.2. The molecule has 2 N–H and O–H groups in total. The number of ether oxygens (including phenoxy) is 2. The summed E-state index contributed by atoms with van der Waals surface area (Å²) >= 11 is 0. The topological polar surface area (TPSA) is 84.9 Å². The van der Waals surface area contributed by atoms with E-state index in [9.17, 15) is 22.8 Å². The van der Waals surface area contributed by atoms with E-state index >= 15 is 0 Å². The van der Waals surface area contributed by atoms with Gasteiger partial charge < -0.3 is 9.84 Å². The summed E-state index contributed by atoms with van der Waals surface area (Å²) < 4.78 is 45.5. The van der Waals surface area contributed by atoms with E-state index < -0.39 is 25.0 Å². The molecule has 0 aliphatic carbocycles. The van der Waals surface area contributed by atoms with Gasteiger partial charge in [-0.15, -0.1) is 13.2 Å². The van der Waals surface area contributed by atoms with E-state index in [0.717, 1.165) is 17.7 Å². The molecule has 0 aromatic heterocycles. The second kappa shape index (κ2) is 8.34. The van der Waals surface area contributed by atoms with Crippen molar-refractivity contribution in [1.82, 2.24) is 0 Å². The number of carboxylic acid groups (broad SMARTS) is 1. The van der Waals surface area contributed by atoms with Crippen molar-refractivity contribution in [1.29, 1.82) is 0 Å². The lowest BCUT2D eigenvalue weighted by Crippen LogP contribution is -2.17. The first-order chi connectivity index (χ1) is 12.2. The van der Waals surface area contributed by atoms with Crippen LogP contribution in [0.4, 0.5) is 23.7 Å². The molecule has 0 fully saturated rings. The highest BCUT2D eigenvalue weighted by atomic mass is 19.4. The molecule has 0 heterocycles. The van der Waals surface area contributed by atoms with Gasteiger partial charge in [0.1, 0.15) is 6.61 Å². The molecule has 0 aliphatic heterocycles. The summed E-state index contributed by atoms with van der Waals surface area (Å²) in [5, 5.41) is 11.2. The average molecular weight is 369 g/mol. The van der Waals surface area contributed by atoms with Gasteiger partial charge in [-0.2, -0.15) is 0 Å². The third-order valence-corrected chi connectivity index (χ3v) is 3.19. The van der Waals surface area contributed by atoms with Crippen LogP contribution in [0, 0.1) is 0 Å². The number of halogens is 3. The van der Waals surface area contributed by atoms with Crippen LogP contribution in [0.25, 0.3) is 0 Å². The van der Waals surface area contributed by atoms with Crippen LogP contribution in [0.5, 0.6) is 0 Å². The summed E-state index contributed by atoms with van der Waals surface area (Å²) in [4.78, 5) is 22.8. The van der Waals surface area contributed by atoms with E-state index in [0.29, 0.717) is 0 Å². The van der Waals surface area contributed by atoms with Crippen LogP contribution in [0.3, 0.4) is 0 Å². The molecular formula is C17H14F3NO5. The van der Waals surface area contributed by atoms with Crippen molar-refractivity contribution in [2.24, 2.45) is 0 Å². The Hall–Kier alpha value is -3.07. The molecule has 26 heavy (non-hydrogen) atoms. The number of rotatable bonds is 6. The van der Waals surface area contributed by atoms with E-state index in [4.69, 9.17) is 9.84 Å². The van der Waals surface area contributed by atoms with Crippen molar-refractivity contribution >= 4 is 17.7 Å². The number of hydrogen-bond acceptors (Lipinski definition) is 4. The van der Waals surface area contributed by atoms with Crippen LogP contribution in [-0.2, 0) is 22.7 Å². The van der Waals surface area contributed by atoms with Crippen LogP contribution in [0.1, 0.15) is 21.5 Å². The highest BCUT2D eigenvalue weighted by molar-refractivity contribution is 5.90. The first-order valence-electron chi connectivity index (χ1n) is 7.29. The number of anilines is 1. The molecule has 9 heteroatoms. The smallest absolute Gasteiger partial charge is 0.478 e. The van der Waals surface area contributed by atoms with Crippen LogP contribution in [0.15, 0.2) is 48.5 Å². The largest absolute Gasteiger partial charge is 0.522 e. The molecule has 0 atom stereocenters. The predicted octanol–water partition coefficient (Wildman–Crippen LogP) is 4.17. The Balaban J connectivity index is 2.08. The molecule has 1 amide bonds. The summed E-state index contributed by atoms with van der Waals surface area (Å²) in [6.45, 7) is -0.993. The normalized spacial score (nSPS) is 11.0. The molecule has 138 valence electrons. The van der Waals surface area contributed by atoms with Gasteiger partial charge in [-0.05, 0) is 23.8 Å². The van der Waals surface area contributed by atoms with Gasteiger partial charge in [-0.25, -0.2) is 9.59 Å². The van der Waals surface area contributed by atoms with Crippen LogP contribution in [-0.4, -0.2) is 23.5 Å². The van der Waals surface area contributed by atoms with Gasteiger partial charge in [0.15, 0.2) is 0 Å². The van der Waals surface area contributed by atoms with Gasteiger partial charge in [0.2, 0.25) is 0 Å². The number of carbonyl (C=O) groups is 2. The maximum Gasteiger partial charge on any atom is 0.522 e. The van der Waals surface area contributed by atoms with E-state index in [1.54, 1.807) is 30.3 Å². The van der Waals surface area contributed by atoms with Gasteiger partial charge in [0, 0.05) is 11.3 Å². The highest BCUT2D eigenvalue weighted by Crippen LogP contribution is 2.24. The maximum absolute atomic E-state index is 12.3. The minimum atomic E-state index is -4.90. The van der Waals surface area contributed by atoms with Gasteiger partial charge in [0.25, 0.3) is 0 Å². The Labute approximate surface area is 146 Å². The molecule has 2 aromatic carbocycles. The summed E-state index contributed by atoms with van der Waals surface area (Å²) in [6, 6.07) is 12.1. The van der Waals surface area contributed by atoms with Crippen LogP contribution in [0.2, 0.25) is 0 Å². The highest BCUT2D eigenvalue weighted by Gasteiger charge is 2.29. The van der Waals surface area contributed by atoms with Crippen molar-refractivity contribution < 1.29 is 37.3 Å². The average Bonchev–Trinajstić information content (AvgIpc) is 2.59. The maximum atomic E-state index is 12.3. The Kier molecular flexibility index (Phi) is 6.18. The molecule has 0 saturated heterocycles. The lowest BCUT2D eigenvalue weighted by atomic mass is 10.1. The Morgan fingerprint density at radius 2 is 1.73 bits per heavy atom. The van der Waals surface area contributed by atoms with Crippen molar-refractivity contribution in [2.75, 3.05) is 5.32 Å². The van der Waals surface area contributed by atoms with Crippen molar-refractivity contribution in [2.45, 2.75) is 19.6 Å². The van der Waals surface area contributed by atoms with E-state index in [1.807, 2.05) is 0 Å². The van der Waals surface area contributed by atoms with Crippen molar-refractivity contribution in [3.8, 4) is 0 Å². The molecule has 0 spiro atoms. The Morgan fingerprint density at radius 1 is 1.04 bits per heavy atom. The fourth-order valence-electron chi connectivity index (χ4n) is 2.00. The second-order valence-corrected chi connectivity index (χ2v) is 5.10. The van der Waals surface area contributed by atoms with Crippen LogP contribution < -0.4 is 5.32 Å². The monoisotopic (exact) mass is 369 g/mol. The van der Waals surface area contributed by atoms with Crippen LogP contribution >= 0.6 is 0 Å². The molecular weight excluding hydrogens is 355 g/mol. The molecule has 2 rings (SSSR count). The van der Waals surface area contributed by atoms with Gasteiger partial charge >= 0.3 is 18.4 Å². The fourth-order valence-corrected chi connectivity index (χ4v) is 2.00. The Bertz CT molecular complexity index is 778. The number of alkyl halides is 3. The molecule has 0 unspecified atom stereocenters. The number of carbonyl (C=O) groups excluding carboxylic acids is 1. The zero-order valence-corrected chi connectivity index (χ0v) is 13.2. The third kappa shape index (κ3) is 6.10. The minimum absolute atomic E-state index is 0.0335. The third-order valence-electron chi connectivity index (χ3n) is 3.19. The van der Waals surface area contributed by atoms with E-state index in [-0.39, 0.29) is 23.4 Å². The molecule has 2 aromatic rings. The quantitative estimate of drug-likeness (QED) is 0.798. The summed E-state index contributed by atoms with van der Waals surface area (Å²) in [6.07, 6.45) is -5.80. The first-order valence-corrected chi connectivity index (χ1v) is 7.29. The number of carboxylic acids is 1. The van der Waals surface area contributed by atoms with Gasteiger partial charge in [0.05, 0.1) is 12.2 Å². The molecule has 0 saturated carbocycles. The van der Waals surface area contributed by atoms with Gasteiger partial charge in [-0.1, -0.05) is 30.3 Å². The molecule has 6 nitrogen and oxygen atoms in total. The summed E-state index contributed by atoms with van der Waals surface area (Å²) in [7, 11) is 0. The SMILES string of the molecule is O=C(Nc1ccc(C(=O)O)cc1COC(F)(F)F)OCc1ccccc1. The number of nitrogens with one attached hydrogen (secondary N) is 1. The minimum Gasteiger partial charge on any atom is -0.478 e. The van der Waals surface area contributed by atoms with Crippen molar-refractivity contribution in [3.05, 3.63) is 65.2 Å². The zero-order valence-electron chi connectivity index (χ0n) is 13.2. The number of amides is 1. The standard InChI is InChI=1S/C17H14F3NO5/c18-17(19,20)26-10-13-8-12(15(22)23)6-7-14(13)21-16(24)25-9-11-4-2-1-3-5-11/h1-8H,9-10H2,(H,21,24)(H,22,23). The second-order valence-electron chi connectivity index (χ2n) is 5.10. The lowest BCUT2D eigenvalue weighted by molar-refractivity contribution is -0.330. The lowest BCUT2D eigenvalue weighted by Gasteiger charge is -2.14.